The van der Waals surface area contributed by atoms with Crippen molar-refractivity contribution in [3.05, 3.63) is 132 Å². The summed E-state index contributed by atoms with van der Waals surface area (Å²) in [5.74, 6) is 0. The summed E-state index contributed by atoms with van der Waals surface area (Å²) in [5, 5.41) is 7.92. The van der Waals surface area contributed by atoms with E-state index in [-0.39, 0.29) is 10.8 Å². The van der Waals surface area contributed by atoms with Crippen LogP contribution in [-0.2, 0) is 10.8 Å². The van der Waals surface area contributed by atoms with Gasteiger partial charge in [-0.05, 0) is 88.0 Å². The van der Waals surface area contributed by atoms with Gasteiger partial charge < -0.3 is 9.13 Å². The van der Waals surface area contributed by atoms with Gasteiger partial charge in [0.15, 0.2) is 0 Å². The molecule has 0 N–H and O–H groups in total. The van der Waals surface area contributed by atoms with Gasteiger partial charge in [0.2, 0.25) is 0 Å². The van der Waals surface area contributed by atoms with Crippen molar-refractivity contribution in [2.75, 3.05) is 0 Å². The first-order valence-corrected chi connectivity index (χ1v) is 15.9. The largest absolute Gasteiger partial charge is 0.307 e. The van der Waals surface area contributed by atoms with Gasteiger partial charge in [-0.25, -0.2) is 0 Å². The Labute approximate surface area is 258 Å². The Balaban J connectivity index is 1.64. The molecule has 0 saturated carbocycles. The fraction of sp³-hybridized carbons (Fsp3) is 0.190. The molecule has 0 aliphatic heterocycles. The molecule has 0 spiro atoms. The molecule has 44 heavy (non-hydrogen) atoms. The van der Waals surface area contributed by atoms with Crippen LogP contribution in [0.4, 0.5) is 0 Å². The van der Waals surface area contributed by atoms with E-state index in [2.05, 4.69) is 158 Å². The van der Waals surface area contributed by atoms with E-state index >= 15 is 0 Å². The third-order valence-corrected chi connectivity index (χ3v) is 10.5. The van der Waals surface area contributed by atoms with Crippen molar-refractivity contribution in [2.45, 2.75) is 51.4 Å². The van der Waals surface area contributed by atoms with Gasteiger partial charge in [0.25, 0.3) is 0 Å². The molecule has 214 valence electrons. The van der Waals surface area contributed by atoms with E-state index in [0.717, 1.165) is 0 Å². The molecule has 0 fully saturated rings. The predicted molar refractivity (Wildman–Crippen MR) is 188 cm³/mol. The van der Waals surface area contributed by atoms with E-state index in [0.29, 0.717) is 0 Å². The lowest BCUT2D eigenvalue weighted by atomic mass is 9.63. The molecular weight excluding hydrogens is 532 g/mol. The number of benzene rings is 6. The van der Waals surface area contributed by atoms with Gasteiger partial charge in [-0.1, -0.05) is 107 Å². The number of hydrogen-bond acceptors (Lipinski definition) is 0. The van der Waals surface area contributed by atoms with Crippen LogP contribution in [0.2, 0.25) is 0 Å². The summed E-state index contributed by atoms with van der Waals surface area (Å²) in [6.07, 6.45) is 2.39. The monoisotopic (exact) mass is 568 g/mol. The maximum absolute atomic E-state index is 2.57. The van der Waals surface area contributed by atoms with E-state index in [1.54, 1.807) is 0 Å². The Morgan fingerprint density at radius 2 is 0.864 bits per heavy atom. The molecule has 2 nitrogen and oxygen atoms in total. The Kier molecular flexibility index (Phi) is 5.17. The normalized spacial score (nSPS) is 15.9. The zero-order valence-electron chi connectivity index (χ0n) is 25.9. The summed E-state index contributed by atoms with van der Waals surface area (Å²) < 4.78 is 5.07. The van der Waals surface area contributed by atoms with Crippen molar-refractivity contribution in [1.29, 1.82) is 0 Å². The smallest absolute Gasteiger partial charge is 0.0795 e. The fourth-order valence-corrected chi connectivity index (χ4v) is 8.19. The number of hydrogen-bond donors (Lipinski definition) is 0. The van der Waals surface area contributed by atoms with Crippen LogP contribution in [-0.4, -0.2) is 9.13 Å². The molecule has 0 bridgehead atoms. The first-order valence-electron chi connectivity index (χ1n) is 15.9. The molecule has 0 amide bonds. The zero-order valence-corrected chi connectivity index (χ0v) is 25.9. The van der Waals surface area contributed by atoms with Gasteiger partial charge >= 0.3 is 0 Å². The Hall–Kier alpha value is -4.82. The Morgan fingerprint density at radius 3 is 1.43 bits per heavy atom. The van der Waals surface area contributed by atoms with E-state index in [1.807, 2.05) is 0 Å². The summed E-state index contributed by atoms with van der Waals surface area (Å²) in [6, 6.07) is 45.0. The van der Waals surface area contributed by atoms with Gasteiger partial charge in [-0.15, -0.1) is 0 Å². The second kappa shape index (κ2) is 8.86. The topological polar surface area (TPSA) is 9.86 Å². The van der Waals surface area contributed by atoms with Crippen LogP contribution < -0.4 is 0 Å². The lowest BCUT2D eigenvalue weighted by molar-refractivity contribution is 0.332. The minimum Gasteiger partial charge on any atom is -0.307 e. The third kappa shape index (κ3) is 3.37. The Morgan fingerprint density at radius 1 is 0.432 bits per heavy atom. The van der Waals surface area contributed by atoms with Crippen LogP contribution in [0, 0.1) is 0 Å². The molecular formula is C42H36N2. The molecule has 0 radical (unpaired) electrons. The summed E-state index contributed by atoms with van der Waals surface area (Å²) in [5.41, 5.74) is 10.7. The summed E-state index contributed by atoms with van der Waals surface area (Å²) >= 11 is 0. The van der Waals surface area contributed by atoms with Crippen molar-refractivity contribution >= 4 is 54.4 Å². The average Bonchev–Trinajstić information content (AvgIpc) is 3.57. The maximum atomic E-state index is 2.57. The van der Waals surface area contributed by atoms with Crippen molar-refractivity contribution in [1.82, 2.24) is 9.13 Å². The van der Waals surface area contributed by atoms with Gasteiger partial charge in [0.05, 0.1) is 22.1 Å². The van der Waals surface area contributed by atoms with E-state index in [4.69, 9.17) is 0 Å². The van der Waals surface area contributed by atoms with Gasteiger partial charge in [-0.3, -0.25) is 0 Å². The minimum atomic E-state index is 0.118. The van der Waals surface area contributed by atoms with Crippen molar-refractivity contribution in [3.8, 4) is 11.4 Å². The van der Waals surface area contributed by atoms with E-state index in [1.165, 1.54) is 89.7 Å². The van der Waals surface area contributed by atoms with Gasteiger partial charge in [0.1, 0.15) is 0 Å². The molecule has 6 aromatic carbocycles. The molecule has 0 unspecified atom stereocenters. The van der Waals surface area contributed by atoms with E-state index in [9.17, 15) is 0 Å². The fourth-order valence-electron chi connectivity index (χ4n) is 8.19. The number of fused-ring (bicyclic) bond motifs is 11. The number of nitrogens with zero attached hydrogens (tertiary/aromatic N) is 2. The van der Waals surface area contributed by atoms with Crippen molar-refractivity contribution in [3.63, 3.8) is 0 Å². The zero-order chi connectivity index (χ0) is 29.8. The molecule has 1 aliphatic rings. The molecule has 2 heterocycles. The lowest BCUT2D eigenvalue weighted by Gasteiger charge is -2.42. The maximum Gasteiger partial charge on any atom is 0.0795 e. The SMILES string of the molecule is CC1(C)CCC(C)(C)c2cc3c(cc21)c1c2ccccc2c2c4ccccc4n(-c4ccccc4)c2c1n3-c1ccccc1. The number of rotatable bonds is 2. The summed E-state index contributed by atoms with van der Waals surface area (Å²) in [7, 11) is 0. The van der Waals surface area contributed by atoms with Crippen LogP contribution in [0.3, 0.4) is 0 Å². The quantitative estimate of drug-likeness (QED) is 0.196. The highest BCUT2D eigenvalue weighted by molar-refractivity contribution is 6.36. The van der Waals surface area contributed by atoms with Crippen LogP contribution in [0.1, 0.15) is 51.7 Å². The second-order valence-electron chi connectivity index (χ2n) is 14.0. The lowest BCUT2D eigenvalue weighted by Crippen LogP contribution is -2.33. The molecule has 1 aliphatic carbocycles. The van der Waals surface area contributed by atoms with Crippen LogP contribution in [0.25, 0.3) is 65.8 Å². The van der Waals surface area contributed by atoms with Crippen LogP contribution in [0.15, 0.2) is 121 Å². The highest BCUT2D eigenvalue weighted by Crippen LogP contribution is 2.51. The molecule has 2 aromatic heterocycles. The Bertz CT molecular complexity index is 2420. The molecule has 8 aromatic rings. The molecule has 0 saturated heterocycles. The third-order valence-electron chi connectivity index (χ3n) is 10.5. The van der Waals surface area contributed by atoms with Gasteiger partial charge in [-0.2, -0.15) is 0 Å². The minimum absolute atomic E-state index is 0.118. The first-order chi connectivity index (χ1) is 21.4. The second-order valence-corrected chi connectivity index (χ2v) is 14.0. The highest BCUT2D eigenvalue weighted by Gasteiger charge is 2.38. The number of aromatic nitrogens is 2. The van der Waals surface area contributed by atoms with Gasteiger partial charge in [0, 0.05) is 32.9 Å². The highest BCUT2D eigenvalue weighted by atomic mass is 15.0. The summed E-state index contributed by atoms with van der Waals surface area (Å²) in [4.78, 5) is 0. The predicted octanol–water partition coefficient (Wildman–Crippen LogP) is 11.4. The number of para-hydroxylation sites is 3. The summed E-state index contributed by atoms with van der Waals surface area (Å²) in [6.45, 7) is 9.74. The molecule has 0 atom stereocenters. The average molecular weight is 569 g/mol. The molecule has 9 rings (SSSR count). The molecule has 2 heteroatoms. The standard InChI is InChI=1S/C42H36N2/c1-41(2)23-24-42(3,4)34-26-36-32(25-33(34)41)38-30-20-12-11-19-29(30)37-31-21-13-14-22-35(31)43(27-15-7-5-8-16-27)39(37)40(38)44(36)28-17-9-6-10-18-28/h5-22,25-26H,23-24H2,1-4H3. The van der Waals surface area contributed by atoms with Crippen molar-refractivity contribution in [2.24, 2.45) is 0 Å². The van der Waals surface area contributed by atoms with Crippen LogP contribution in [0.5, 0.6) is 0 Å². The van der Waals surface area contributed by atoms with E-state index < -0.39 is 0 Å². The first kappa shape index (κ1) is 25.7. The van der Waals surface area contributed by atoms with Crippen molar-refractivity contribution < 1.29 is 0 Å². The van der Waals surface area contributed by atoms with Crippen LogP contribution >= 0.6 is 0 Å².